The standard InChI is InChI=1S/C12H20N6O3/c1-2-6-14-11-10(18(20)21)12(17-8-16-11)15-7-4-3-5-9(13)19/h8H,2-7H2,1H3,(H2,13,19)(H2,14,15,16,17). The van der Waals surface area contributed by atoms with E-state index in [0.29, 0.717) is 32.4 Å². The predicted octanol–water partition coefficient (Wildman–Crippen LogP) is 1.27. The van der Waals surface area contributed by atoms with Crippen LogP contribution in [-0.2, 0) is 4.79 Å². The maximum Gasteiger partial charge on any atom is 0.353 e. The third-order valence-corrected chi connectivity index (χ3v) is 2.69. The monoisotopic (exact) mass is 296 g/mol. The molecule has 0 saturated carbocycles. The smallest absolute Gasteiger partial charge is 0.353 e. The van der Waals surface area contributed by atoms with Gasteiger partial charge in [-0.05, 0) is 19.3 Å². The molecule has 9 nitrogen and oxygen atoms in total. The minimum absolute atomic E-state index is 0.166. The number of carbonyl (C=O) groups excluding carboxylic acids is 1. The Morgan fingerprint density at radius 2 is 1.90 bits per heavy atom. The summed E-state index contributed by atoms with van der Waals surface area (Å²) in [7, 11) is 0. The molecule has 0 atom stereocenters. The van der Waals surface area contributed by atoms with Gasteiger partial charge in [-0.3, -0.25) is 14.9 Å². The molecule has 1 aromatic rings. The average Bonchev–Trinajstić information content (AvgIpc) is 2.44. The summed E-state index contributed by atoms with van der Waals surface area (Å²) in [5, 5.41) is 17.0. The van der Waals surface area contributed by atoms with Crippen LogP contribution in [0.1, 0.15) is 32.6 Å². The Balaban J connectivity index is 2.67. The summed E-state index contributed by atoms with van der Waals surface area (Å²) in [5.41, 5.74) is 4.87. The average molecular weight is 296 g/mol. The van der Waals surface area contributed by atoms with E-state index in [1.165, 1.54) is 6.33 Å². The normalized spacial score (nSPS) is 10.1. The molecule has 0 radical (unpaired) electrons. The molecule has 0 spiro atoms. The lowest BCUT2D eigenvalue weighted by Gasteiger charge is -2.09. The van der Waals surface area contributed by atoms with Gasteiger partial charge < -0.3 is 16.4 Å². The minimum atomic E-state index is -0.510. The van der Waals surface area contributed by atoms with E-state index in [-0.39, 0.29) is 23.2 Å². The zero-order chi connectivity index (χ0) is 15.7. The first-order valence-corrected chi connectivity index (χ1v) is 6.81. The number of unbranched alkanes of at least 4 members (excludes halogenated alkanes) is 1. The summed E-state index contributed by atoms with van der Waals surface area (Å²) in [6.07, 6.45) is 3.70. The fourth-order valence-electron chi connectivity index (χ4n) is 1.68. The van der Waals surface area contributed by atoms with Crippen molar-refractivity contribution in [1.82, 2.24) is 9.97 Å². The zero-order valence-electron chi connectivity index (χ0n) is 12.0. The van der Waals surface area contributed by atoms with Crippen molar-refractivity contribution in [2.24, 2.45) is 5.73 Å². The molecule has 1 amide bonds. The number of nitrogens with two attached hydrogens (primary N) is 1. The van der Waals surface area contributed by atoms with Crippen LogP contribution in [0.5, 0.6) is 0 Å². The van der Waals surface area contributed by atoms with Crippen molar-refractivity contribution in [3.8, 4) is 0 Å². The molecule has 0 aromatic carbocycles. The van der Waals surface area contributed by atoms with Crippen LogP contribution in [0, 0.1) is 10.1 Å². The number of nitrogens with one attached hydrogen (secondary N) is 2. The summed E-state index contributed by atoms with van der Waals surface area (Å²) in [4.78, 5) is 29.1. The maximum atomic E-state index is 11.2. The third-order valence-electron chi connectivity index (χ3n) is 2.69. The number of nitro groups is 1. The van der Waals surface area contributed by atoms with Gasteiger partial charge in [0.1, 0.15) is 6.33 Å². The Morgan fingerprint density at radius 1 is 1.29 bits per heavy atom. The SMILES string of the molecule is CCCNc1ncnc(NCCCCC(N)=O)c1[N+](=O)[O-]. The lowest BCUT2D eigenvalue weighted by molar-refractivity contribution is -0.383. The minimum Gasteiger partial charge on any atom is -0.370 e. The van der Waals surface area contributed by atoms with Gasteiger partial charge in [-0.2, -0.15) is 0 Å². The summed E-state index contributed by atoms with van der Waals surface area (Å²) < 4.78 is 0. The number of rotatable bonds is 10. The molecule has 1 heterocycles. The van der Waals surface area contributed by atoms with Gasteiger partial charge in [0.15, 0.2) is 0 Å². The lowest BCUT2D eigenvalue weighted by Crippen LogP contribution is -2.12. The molecule has 0 aliphatic carbocycles. The van der Waals surface area contributed by atoms with Crippen molar-refractivity contribution in [3.63, 3.8) is 0 Å². The van der Waals surface area contributed by atoms with Gasteiger partial charge in [0.2, 0.25) is 17.5 Å². The van der Waals surface area contributed by atoms with Crippen molar-refractivity contribution in [2.75, 3.05) is 23.7 Å². The van der Waals surface area contributed by atoms with Crippen LogP contribution in [0.3, 0.4) is 0 Å². The van der Waals surface area contributed by atoms with Crippen molar-refractivity contribution >= 4 is 23.2 Å². The van der Waals surface area contributed by atoms with E-state index >= 15 is 0 Å². The molecule has 0 unspecified atom stereocenters. The van der Waals surface area contributed by atoms with Crippen LogP contribution in [0.25, 0.3) is 0 Å². The van der Waals surface area contributed by atoms with E-state index in [2.05, 4.69) is 20.6 Å². The highest BCUT2D eigenvalue weighted by Crippen LogP contribution is 2.28. The molecule has 0 aliphatic heterocycles. The van der Waals surface area contributed by atoms with E-state index < -0.39 is 4.92 Å². The lowest BCUT2D eigenvalue weighted by atomic mass is 10.2. The first kappa shape index (κ1) is 16.6. The molecule has 0 bridgehead atoms. The van der Waals surface area contributed by atoms with Crippen LogP contribution in [-0.4, -0.2) is 33.9 Å². The van der Waals surface area contributed by atoms with Crippen molar-refractivity contribution < 1.29 is 9.72 Å². The zero-order valence-corrected chi connectivity index (χ0v) is 12.0. The van der Waals surface area contributed by atoms with E-state index in [0.717, 1.165) is 6.42 Å². The van der Waals surface area contributed by atoms with E-state index in [9.17, 15) is 14.9 Å². The van der Waals surface area contributed by atoms with Crippen LogP contribution in [0.2, 0.25) is 0 Å². The third kappa shape index (κ3) is 5.59. The van der Waals surface area contributed by atoms with Crippen LogP contribution < -0.4 is 16.4 Å². The van der Waals surface area contributed by atoms with Crippen molar-refractivity contribution in [1.29, 1.82) is 0 Å². The van der Waals surface area contributed by atoms with Gasteiger partial charge >= 0.3 is 5.69 Å². The van der Waals surface area contributed by atoms with Gasteiger partial charge in [0, 0.05) is 19.5 Å². The number of hydrogen-bond acceptors (Lipinski definition) is 7. The molecule has 0 fully saturated rings. The van der Waals surface area contributed by atoms with Crippen LogP contribution in [0.4, 0.5) is 17.3 Å². The fourth-order valence-corrected chi connectivity index (χ4v) is 1.68. The van der Waals surface area contributed by atoms with Crippen LogP contribution >= 0.6 is 0 Å². The van der Waals surface area contributed by atoms with E-state index in [4.69, 9.17) is 5.73 Å². The number of amides is 1. The van der Waals surface area contributed by atoms with Crippen LogP contribution in [0.15, 0.2) is 6.33 Å². The summed E-state index contributed by atoms with van der Waals surface area (Å²) in [6.45, 7) is 3.02. The highest BCUT2D eigenvalue weighted by atomic mass is 16.6. The Kier molecular flexibility index (Phi) is 6.85. The molecule has 1 aromatic heterocycles. The first-order chi connectivity index (χ1) is 10.1. The van der Waals surface area contributed by atoms with E-state index in [1.807, 2.05) is 6.92 Å². The Morgan fingerprint density at radius 3 is 2.43 bits per heavy atom. The van der Waals surface area contributed by atoms with Gasteiger partial charge in [-0.15, -0.1) is 0 Å². The number of anilines is 2. The highest BCUT2D eigenvalue weighted by Gasteiger charge is 2.22. The van der Waals surface area contributed by atoms with Gasteiger partial charge in [-0.1, -0.05) is 6.92 Å². The number of aromatic nitrogens is 2. The second kappa shape index (κ2) is 8.67. The molecule has 0 saturated heterocycles. The first-order valence-electron chi connectivity index (χ1n) is 6.81. The number of nitrogens with zero attached hydrogens (tertiary/aromatic N) is 3. The van der Waals surface area contributed by atoms with Gasteiger partial charge in [0.05, 0.1) is 4.92 Å². The Labute approximate surface area is 122 Å². The number of carbonyl (C=O) groups is 1. The molecule has 9 heteroatoms. The quantitative estimate of drug-likeness (QED) is 0.336. The summed E-state index contributed by atoms with van der Waals surface area (Å²) in [5.74, 6) is 0.0261. The molecular weight excluding hydrogens is 276 g/mol. The highest BCUT2D eigenvalue weighted by molar-refractivity contribution is 5.73. The maximum absolute atomic E-state index is 11.2. The topological polar surface area (TPSA) is 136 Å². The molecule has 116 valence electrons. The second-order valence-electron chi connectivity index (χ2n) is 4.45. The van der Waals surface area contributed by atoms with Crippen molar-refractivity contribution in [3.05, 3.63) is 16.4 Å². The molecule has 1 rings (SSSR count). The summed E-state index contributed by atoms with van der Waals surface area (Å²) in [6, 6.07) is 0. The fraction of sp³-hybridized carbons (Fsp3) is 0.583. The molecular formula is C12H20N6O3. The number of primary amides is 1. The largest absolute Gasteiger partial charge is 0.370 e. The number of hydrogen-bond donors (Lipinski definition) is 3. The molecule has 21 heavy (non-hydrogen) atoms. The Bertz CT molecular complexity index is 494. The Hall–Kier alpha value is -2.45. The summed E-state index contributed by atoms with van der Waals surface area (Å²) >= 11 is 0. The second-order valence-corrected chi connectivity index (χ2v) is 4.45. The molecule has 0 aliphatic rings. The van der Waals surface area contributed by atoms with Crippen molar-refractivity contribution in [2.45, 2.75) is 32.6 Å². The van der Waals surface area contributed by atoms with E-state index in [1.54, 1.807) is 0 Å². The molecule has 4 N–H and O–H groups in total. The van der Waals surface area contributed by atoms with Gasteiger partial charge in [-0.25, -0.2) is 9.97 Å². The predicted molar refractivity (Wildman–Crippen MR) is 79.0 cm³/mol. The van der Waals surface area contributed by atoms with Gasteiger partial charge in [0.25, 0.3) is 0 Å².